The van der Waals surface area contributed by atoms with Crippen molar-refractivity contribution in [1.82, 2.24) is 16.0 Å². The Hall–Kier alpha value is -0.160. The van der Waals surface area contributed by atoms with Crippen molar-refractivity contribution < 1.29 is 4.74 Å². The minimum absolute atomic E-state index is 0.750. The highest BCUT2D eigenvalue weighted by atomic mass is 16.5. The molecule has 2 aliphatic heterocycles. The van der Waals surface area contributed by atoms with Gasteiger partial charge in [-0.25, -0.2) is 0 Å². The largest absolute Gasteiger partial charge is 0.366 e. The smallest absolute Gasteiger partial charge is 0.0965 e. The molecule has 4 nitrogen and oxygen atoms in total. The predicted molar refractivity (Wildman–Crippen MR) is 48.9 cm³/mol. The topological polar surface area (TPSA) is 45.3 Å². The van der Waals surface area contributed by atoms with Crippen molar-refractivity contribution in [3.63, 3.8) is 0 Å². The minimum Gasteiger partial charge on any atom is -0.366 e. The van der Waals surface area contributed by atoms with Crippen LogP contribution in [0.4, 0.5) is 0 Å². The lowest BCUT2D eigenvalue weighted by Gasteiger charge is -2.11. The molecule has 0 radical (unpaired) electrons. The second kappa shape index (κ2) is 7.49. The van der Waals surface area contributed by atoms with E-state index in [0.29, 0.717) is 0 Å². The van der Waals surface area contributed by atoms with Gasteiger partial charge >= 0.3 is 0 Å². The molecule has 72 valence electrons. The summed E-state index contributed by atoms with van der Waals surface area (Å²) in [6.07, 6.45) is 2.44. The van der Waals surface area contributed by atoms with E-state index < -0.39 is 0 Å². The van der Waals surface area contributed by atoms with Gasteiger partial charge < -0.3 is 15.4 Å². The minimum atomic E-state index is 0.750. The SMILES string of the molecule is C1CNCNC1.C1CNCOC1. The van der Waals surface area contributed by atoms with Crippen LogP contribution in [0.15, 0.2) is 0 Å². The van der Waals surface area contributed by atoms with Crippen LogP contribution in [-0.4, -0.2) is 39.6 Å². The molecule has 0 saturated carbocycles. The zero-order chi connectivity index (χ0) is 8.49. The first-order valence-electron chi connectivity index (χ1n) is 4.70. The summed E-state index contributed by atoms with van der Waals surface area (Å²) in [5.74, 6) is 0. The van der Waals surface area contributed by atoms with Crippen molar-refractivity contribution in [3.8, 4) is 0 Å². The van der Waals surface area contributed by atoms with E-state index in [1.807, 2.05) is 0 Å². The summed E-state index contributed by atoms with van der Waals surface area (Å²) >= 11 is 0. The van der Waals surface area contributed by atoms with Crippen LogP contribution >= 0.6 is 0 Å². The van der Waals surface area contributed by atoms with Gasteiger partial charge in [0.2, 0.25) is 0 Å². The van der Waals surface area contributed by atoms with Gasteiger partial charge in [0.15, 0.2) is 0 Å². The van der Waals surface area contributed by atoms with Crippen LogP contribution in [0, 0.1) is 0 Å². The Morgan fingerprint density at radius 1 is 0.833 bits per heavy atom. The molecular formula is C8H19N3O. The van der Waals surface area contributed by atoms with Gasteiger partial charge in [-0.1, -0.05) is 0 Å². The molecule has 0 aliphatic carbocycles. The third kappa shape index (κ3) is 5.49. The molecule has 4 heteroatoms. The molecule has 2 saturated heterocycles. The fraction of sp³-hybridized carbons (Fsp3) is 1.00. The Kier molecular flexibility index (Phi) is 6.19. The molecule has 2 rings (SSSR count). The Labute approximate surface area is 74.1 Å². The van der Waals surface area contributed by atoms with Gasteiger partial charge in [-0.15, -0.1) is 0 Å². The maximum Gasteiger partial charge on any atom is 0.0965 e. The lowest BCUT2D eigenvalue weighted by molar-refractivity contribution is 0.0848. The van der Waals surface area contributed by atoms with Crippen molar-refractivity contribution in [2.75, 3.05) is 39.6 Å². The molecule has 0 aromatic carbocycles. The molecule has 0 aromatic rings. The van der Waals surface area contributed by atoms with Crippen molar-refractivity contribution >= 4 is 0 Å². The van der Waals surface area contributed by atoms with Gasteiger partial charge in [-0.05, 0) is 32.5 Å². The highest BCUT2D eigenvalue weighted by molar-refractivity contribution is 4.54. The Bertz CT molecular complexity index is 57.3. The summed E-state index contributed by atoms with van der Waals surface area (Å²) < 4.78 is 4.96. The molecule has 2 heterocycles. The van der Waals surface area contributed by atoms with E-state index in [9.17, 15) is 0 Å². The van der Waals surface area contributed by atoms with Crippen LogP contribution in [0.3, 0.4) is 0 Å². The summed E-state index contributed by atoms with van der Waals surface area (Å²) in [5.41, 5.74) is 0. The molecule has 0 aromatic heterocycles. The maximum atomic E-state index is 4.96. The molecule has 12 heavy (non-hydrogen) atoms. The van der Waals surface area contributed by atoms with Gasteiger partial charge in [-0.2, -0.15) is 0 Å². The van der Waals surface area contributed by atoms with Gasteiger partial charge in [0.1, 0.15) is 0 Å². The zero-order valence-corrected chi connectivity index (χ0v) is 7.57. The summed E-state index contributed by atoms with van der Waals surface area (Å²) in [7, 11) is 0. The summed E-state index contributed by atoms with van der Waals surface area (Å²) in [6, 6.07) is 0. The number of rotatable bonds is 0. The fourth-order valence-corrected chi connectivity index (χ4v) is 1.12. The second-order valence-corrected chi connectivity index (χ2v) is 2.94. The van der Waals surface area contributed by atoms with Gasteiger partial charge in [-0.3, -0.25) is 5.32 Å². The number of hydrogen-bond donors (Lipinski definition) is 3. The first kappa shape index (κ1) is 9.92. The van der Waals surface area contributed by atoms with E-state index in [1.165, 1.54) is 25.9 Å². The monoisotopic (exact) mass is 173 g/mol. The number of nitrogens with one attached hydrogen (secondary N) is 3. The highest BCUT2D eigenvalue weighted by Gasteiger charge is 1.93. The van der Waals surface area contributed by atoms with Crippen molar-refractivity contribution in [3.05, 3.63) is 0 Å². The van der Waals surface area contributed by atoms with E-state index in [4.69, 9.17) is 4.74 Å². The Balaban J connectivity index is 0.000000120. The van der Waals surface area contributed by atoms with Gasteiger partial charge in [0, 0.05) is 13.3 Å². The molecule has 2 fully saturated rings. The number of hydrogen-bond acceptors (Lipinski definition) is 4. The molecule has 0 amide bonds. The Morgan fingerprint density at radius 2 is 1.58 bits per heavy atom. The summed E-state index contributed by atoms with van der Waals surface area (Å²) in [5, 5.41) is 9.41. The first-order valence-corrected chi connectivity index (χ1v) is 4.70. The van der Waals surface area contributed by atoms with E-state index in [-0.39, 0.29) is 0 Å². The van der Waals surface area contributed by atoms with Crippen LogP contribution in [0.1, 0.15) is 12.8 Å². The second-order valence-electron chi connectivity index (χ2n) is 2.94. The van der Waals surface area contributed by atoms with Crippen LogP contribution in [0.5, 0.6) is 0 Å². The average Bonchev–Trinajstić information content (AvgIpc) is 2.24. The standard InChI is InChI=1S/C4H10N2.C4H9NO/c2*1-2-5-4-6-3-1/h5-6H,1-4H2;5H,1-4H2. The molecule has 0 atom stereocenters. The van der Waals surface area contributed by atoms with E-state index in [1.54, 1.807) is 0 Å². The van der Waals surface area contributed by atoms with Gasteiger partial charge in [0.25, 0.3) is 0 Å². The third-order valence-corrected chi connectivity index (χ3v) is 1.80. The molecule has 0 unspecified atom stereocenters. The molecular weight excluding hydrogens is 154 g/mol. The summed E-state index contributed by atoms with van der Waals surface area (Å²) in [6.45, 7) is 6.19. The third-order valence-electron chi connectivity index (χ3n) is 1.80. The predicted octanol–water partition coefficient (Wildman–Crippen LogP) is -0.519. The van der Waals surface area contributed by atoms with Crippen LogP contribution in [-0.2, 0) is 4.74 Å². The number of ether oxygens (including phenoxy) is 1. The van der Waals surface area contributed by atoms with E-state index in [0.717, 1.165) is 26.6 Å². The van der Waals surface area contributed by atoms with E-state index >= 15 is 0 Å². The molecule has 2 aliphatic rings. The normalized spacial score (nSPS) is 24.0. The van der Waals surface area contributed by atoms with Crippen LogP contribution in [0.2, 0.25) is 0 Å². The van der Waals surface area contributed by atoms with Crippen LogP contribution in [0.25, 0.3) is 0 Å². The zero-order valence-electron chi connectivity index (χ0n) is 7.57. The highest BCUT2D eigenvalue weighted by Crippen LogP contribution is 1.83. The van der Waals surface area contributed by atoms with Crippen molar-refractivity contribution in [2.45, 2.75) is 12.8 Å². The summed E-state index contributed by atoms with van der Waals surface area (Å²) in [4.78, 5) is 0. The Morgan fingerprint density at radius 3 is 1.75 bits per heavy atom. The lowest BCUT2D eigenvalue weighted by Crippen LogP contribution is -2.37. The van der Waals surface area contributed by atoms with Gasteiger partial charge in [0.05, 0.1) is 6.73 Å². The molecule has 3 N–H and O–H groups in total. The van der Waals surface area contributed by atoms with Crippen molar-refractivity contribution in [2.24, 2.45) is 0 Å². The molecule has 0 spiro atoms. The quantitative estimate of drug-likeness (QED) is 0.461. The maximum absolute atomic E-state index is 4.96. The lowest BCUT2D eigenvalue weighted by atomic mass is 10.4. The van der Waals surface area contributed by atoms with Crippen LogP contribution < -0.4 is 16.0 Å². The fourth-order valence-electron chi connectivity index (χ4n) is 1.12. The van der Waals surface area contributed by atoms with E-state index in [2.05, 4.69) is 16.0 Å². The first-order chi connectivity index (χ1) is 6.00. The average molecular weight is 173 g/mol. The van der Waals surface area contributed by atoms with Crippen molar-refractivity contribution in [1.29, 1.82) is 0 Å². The molecule has 0 bridgehead atoms.